The van der Waals surface area contributed by atoms with E-state index in [1.165, 1.54) is 7.11 Å². The van der Waals surface area contributed by atoms with Crippen LogP contribution < -0.4 is 34.7 Å². The van der Waals surface area contributed by atoms with Crippen molar-refractivity contribution in [3.8, 4) is 0 Å². The average molecular weight is 124 g/mol. The Morgan fingerprint density at radius 2 is 2.25 bits per heavy atom. The molecule has 0 radical (unpaired) electrons. The van der Waals surface area contributed by atoms with Crippen LogP contribution in [0.3, 0.4) is 0 Å². The maximum Gasteiger partial charge on any atom is 1.00 e. The summed E-state index contributed by atoms with van der Waals surface area (Å²) in [6.07, 6.45) is 1.19. The molecule has 0 N–H and O–H groups in total. The minimum atomic E-state index is -0.616. The van der Waals surface area contributed by atoms with E-state index in [0.29, 0.717) is 6.26 Å². The molecule has 0 heterocycles. The first-order valence-electron chi connectivity index (χ1n) is 1.67. The van der Waals surface area contributed by atoms with Gasteiger partial charge in [-0.15, -0.1) is 6.26 Å². The van der Waals surface area contributed by atoms with Gasteiger partial charge in [-0.1, -0.05) is 0 Å². The molecule has 0 fully saturated rings. The second-order valence-corrected chi connectivity index (χ2v) is 0.826. The molecule has 40 valence electrons. The molecule has 0 spiro atoms. The number of carbonyl (C=O) groups excluding carboxylic acids is 1. The topological polar surface area (TPSA) is 49.4 Å². The van der Waals surface area contributed by atoms with Crippen LogP contribution in [-0.4, -0.2) is 13.1 Å². The molecule has 0 aliphatic heterocycles. The molecule has 3 nitrogen and oxygen atoms in total. The number of esters is 1. The van der Waals surface area contributed by atoms with Gasteiger partial charge in [0.05, 0.1) is 7.11 Å². The number of hydrogen-bond donors (Lipinski definition) is 0. The van der Waals surface area contributed by atoms with Crippen molar-refractivity contribution in [2.45, 2.75) is 0 Å². The fraction of sp³-hybridized carbons (Fsp3) is 0.250. The Labute approximate surface area is 69.6 Å². The quantitative estimate of drug-likeness (QED) is 0.155. The van der Waals surface area contributed by atoms with E-state index in [1.807, 2.05) is 0 Å². The Balaban J connectivity index is 0. The molecule has 0 rings (SSSR count). The van der Waals surface area contributed by atoms with E-state index in [0.717, 1.165) is 6.08 Å². The van der Waals surface area contributed by atoms with Gasteiger partial charge in [0.2, 0.25) is 0 Å². The largest absolute Gasteiger partial charge is 1.00 e. The van der Waals surface area contributed by atoms with E-state index in [2.05, 4.69) is 4.74 Å². The fourth-order valence-corrected chi connectivity index (χ4v) is 0.124. The number of hydrogen-bond acceptors (Lipinski definition) is 3. The third-order valence-electron chi connectivity index (χ3n) is 0.405. The first kappa shape index (κ1) is 10.9. The third-order valence-corrected chi connectivity index (χ3v) is 0.405. The van der Waals surface area contributed by atoms with E-state index in [-0.39, 0.29) is 29.6 Å². The van der Waals surface area contributed by atoms with Gasteiger partial charge in [-0.3, -0.25) is 0 Å². The van der Waals surface area contributed by atoms with Gasteiger partial charge < -0.3 is 9.84 Å². The van der Waals surface area contributed by atoms with Crippen molar-refractivity contribution in [3.05, 3.63) is 12.3 Å². The standard InChI is InChI=1S/C4H6O3.Na/c1-7-4(6)2-3-5;/h2-3,5H,1H3;/q;+1/p-1/b3-2-;. The van der Waals surface area contributed by atoms with Gasteiger partial charge >= 0.3 is 35.5 Å². The van der Waals surface area contributed by atoms with E-state index < -0.39 is 5.97 Å². The molecular formula is C4H5NaO3. The summed E-state index contributed by atoms with van der Waals surface area (Å²) in [4.78, 5) is 9.90. The summed E-state index contributed by atoms with van der Waals surface area (Å²) in [6, 6.07) is 0. The normalized spacial score (nSPS) is 8.12. The molecule has 0 aromatic heterocycles. The number of ether oxygens (including phenoxy) is 1. The first-order valence-corrected chi connectivity index (χ1v) is 1.67. The van der Waals surface area contributed by atoms with Crippen LogP contribution in [0, 0.1) is 0 Å². The molecule has 4 heteroatoms. The second kappa shape index (κ2) is 7.01. The van der Waals surface area contributed by atoms with Crippen LogP contribution >= 0.6 is 0 Å². The van der Waals surface area contributed by atoms with Gasteiger partial charge in [-0.2, -0.15) is 0 Å². The van der Waals surface area contributed by atoms with Crippen LogP contribution in [0.2, 0.25) is 0 Å². The minimum absolute atomic E-state index is 0. The van der Waals surface area contributed by atoms with Gasteiger partial charge in [0.25, 0.3) is 0 Å². The van der Waals surface area contributed by atoms with Crippen molar-refractivity contribution in [2.75, 3.05) is 7.11 Å². The van der Waals surface area contributed by atoms with Gasteiger partial charge in [0.15, 0.2) is 0 Å². The second-order valence-electron chi connectivity index (χ2n) is 0.826. The molecule has 0 aliphatic carbocycles. The van der Waals surface area contributed by atoms with E-state index in [1.54, 1.807) is 0 Å². The van der Waals surface area contributed by atoms with Crippen LogP contribution in [0.15, 0.2) is 12.3 Å². The summed E-state index contributed by atoms with van der Waals surface area (Å²) in [6.45, 7) is 0. The Kier molecular flexibility index (Phi) is 9.55. The van der Waals surface area contributed by atoms with Gasteiger partial charge in [0, 0.05) is 6.08 Å². The van der Waals surface area contributed by atoms with Crippen molar-refractivity contribution in [1.29, 1.82) is 0 Å². The average Bonchev–Trinajstić information content (AvgIpc) is 1.68. The summed E-state index contributed by atoms with van der Waals surface area (Å²) in [5.41, 5.74) is 0. The summed E-state index contributed by atoms with van der Waals surface area (Å²) < 4.78 is 4.06. The molecule has 0 unspecified atom stereocenters. The van der Waals surface area contributed by atoms with Crippen molar-refractivity contribution >= 4 is 5.97 Å². The molecule has 0 atom stereocenters. The van der Waals surface area contributed by atoms with Crippen LogP contribution in [-0.2, 0) is 9.53 Å². The number of rotatable bonds is 1. The number of methoxy groups -OCH3 is 1. The SMILES string of the molecule is COC(=O)/C=C\[O-].[Na+]. The van der Waals surface area contributed by atoms with Crippen molar-refractivity contribution in [3.63, 3.8) is 0 Å². The smallest absolute Gasteiger partial charge is 0.878 e. The van der Waals surface area contributed by atoms with E-state index in [9.17, 15) is 9.90 Å². The fourth-order valence-electron chi connectivity index (χ4n) is 0.124. The van der Waals surface area contributed by atoms with E-state index in [4.69, 9.17) is 0 Å². The van der Waals surface area contributed by atoms with Crippen LogP contribution in [0.1, 0.15) is 0 Å². The monoisotopic (exact) mass is 124 g/mol. The first-order chi connectivity index (χ1) is 3.31. The molecule has 0 aromatic rings. The Bertz CT molecular complexity index is 89.3. The van der Waals surface area contributed by atoms with Crippen molar-refractivity contribution in [1.82, 2.24) is 0 Å². The maximum atomic E-state index is 9.90. The Morgan fingerprint density at radius 1 is 1.75 bits per heavy atom. The molecule has 0 aromatic carbocycles. The predicted molar refractivity (Wildman–Crippen MR) is 21.2 cm³/mol. The zero-order valence-corrected chi connectivity index (χ0v) is 6.88. The van der Waals surface area contributed by atoms with Crippen LogP contribution in [0.4, 0.5) is 0 Å². The van der Waals surface area contributed by atoms with E-state index >= 15 is 0 Å². The molecular weight excluding hydrogens is 119 g/mol. The Hall–Kier alpha value is 0.0100. The number of carbonyl (C=O) groups is 1. The predicted octanol–water partition coefficient (Wildman–Crippen LogP) is -3.96. The minimum Gasteiger partial charge on any atom is -0.878 e. The summed E-state index contributed by atoms with van der Waals surface area (Å²) in [5, 5.41) is 9.42. The third kappa shape index (κ3) is 6.01. The zero-order chi connectivity index (χ0) is 5.70. The van der Waals surface area contributed by atoms with Crippen LogP contribution in [0.25, 0.3) is 0 Å². The molecule has 0 bridgehead atoms. The van der Waals surface area contributed by atoms with Crippen molar-refractivity contribution < 1.29 is 44.2 Å². The summed E-state index contributed by atoms with van der Waals surface area (Å²) in [7, 11) is 1.21. The molecule has 0 aliphatic rings. The van der Waals surface area contributed by atoms with Crippen LogP contribution in [0.5, 0.6) is 0 Å². The van der Waals surface area contributed by atoms with Gasteiger partial charge in [-0.05, 0) is 0 Å². The zero-order valence-electron chi connectivity index (χ0n) is 4.88. The summed E-state index contributed by atoms with van der Waals surface area (Å²) >= 11 is 0. The van der Waals surface area contributed by atoms with Crippen molar-refractivity contribution in [2.24, 2.45) is 0 Å². The van der Waals surface area contributed by atoms with Gasteiger partial charge in [-0.25, -0.2) is 4.79 Å². The molecule has 8 heavy (non-hydrogen) atoms. The van der Waals surface area contributed by atoms with Gasteiger partial charge in [0.1, 0.15) is 0 Å². The Morgan fingerprint density at radius 3 is 2.38 bits per heavy atom. The summed E-state index contributed by atoms with van der Waals surface area (Å²) in [5.74, 6) is -0.616. The maximum absolute atomic E-state index is 9.90. The molecule has 0 amide bonds. The molecule has 0 saturated heterocycles. The molecule has 0 saturated carbocycles.